The van der Waals surface area contributed by atoms with Gasteiger partial charge in [0.2, 0.25) is 0 Å². The van der Waals surface area contributed by atoms with Crippen molar-refractivity contribution < 1.29 is 9.53 Å². The van der Waals surface area contributed by atoms with Crippen LogP contribution >= 0.6 is 0 Å². The Kier molecular flexibility index (Phi) is 5.84. The van der Waals surface area contributed by atoms with Gasteiger partial charge in [-0.1, -0.05) is 61.5 Å². The maximum absolute atomic E-state index is 12.3. The van der Waals surface area contributed by atoms with Crippen LogP contribution in [0.2, 0.25) is 0 Å². The first-order chi connectivity index (χ1) is 12.8. The summed E-state index contributed by atoms with van der Waals surface area (Å²) in [5.74, 6) is 1.42. The summed E-state index contributed by atoms with van der Waals surface area (Å²) in [5.41, 5.74) is 2.69. The summed E-state index contributed by atoms with van der Waals surface area (Å²) in [6, 6.07) is 24.9. The van der Waals surface area contributed by atoms with Crippen molar-refractivity contribution in [3.63, 3.8) is 0 Å². The van der Waals surface area contributed by atoms with Crippen molar-refractivity contribution in [2.24, 2.45) is 0 Å². The van der Waals surface area contributed by atoms with Crippen molar-refractivity contribution in [1.29, 1.82) is 0 Å². The number of carbonyl (C=O) groups is 1. The summed E-state index contributed by atoms with van der Waals surface area (Å²) in [7, 11) is 0. The first-order valence-electron chi connectivity index (χ1n) is 8.64. The van der Waals surface area contributed by atoms with E-state index in [4.69, 9.17) is 4.74 Å². The van der Waals surface area contributed by atoms with Gasteiger partial charge in [0, 0.05) is 17.8 Å². The molecule has 1 N–H and O–H groups in total. The number of allylic oxidation sites excluding steroid dienone is 1. The monoisotopic (exact) mass is 343 g/mol. The predicted molar refractivity (Wildman–Crippen MR) is 106 cm³/mol. The van der Waals surface area contributed by atoms with Crippen molar-refractivity contribution in [1.82, 2.24) is 0 Å². The molecule has 0 aliphatic carbocycles. The minimum absolute atomic E-state index is 0.0402. The first-order valence-corrected chi connectivity index (χ1v) is 8.64. The molecule has 0 saturated heterocycles. The van der Waals surface area contributed by atoms with E-state index in [1.807, 2.05) is 78.9 Å². The Hall–Kier alpha value is -3.33. The molecular weight excluding hydrogens is 322 g/mol. The van der Waals surface area contributed by atoms with Crippen LogP contribution in [0.5, 0.6) is 11.5 Å². The third-order valence-corrected chi connectivity index (χ3v) is 3.98. The Morgan fingerprint density at radius 2 is 1.62 bits per heavy atom. The molecule has 130 valence electrons. The van der Waals surface area contributed by atoms with Crippen LogP contribution in [-0.4, -0.2) is 5.78 Å². The minimum atomic E-state index is -0.0402. The topological polar surface area (TPSA) is 38.3 Å². The molecule has 3 rings (SSSR count). The summed E-state index contributed by atoms with van der Waals surface area (Å²) in [5, 5.41) is 3.13. The number of carbonyl (C=O) groups excluding carboxylic acids is 1. The smallest absolute Gasteiger partial charge is 0.187 e. The fourth-order valence-electron chi connectivity index (χ4n) is 2.50. The van der Waals surface area contributed by atoms with E-state index < -0.39 is 0 Å². The fraction of sp³-hybridized carbons (Fsp3) is 0.0870. The van der Waals surface area contributed by atoms with Gasteiger partial charge in [0.25, 0.3) is 0 Å². The van der Waals surface area contributed by atoms with E-state index in [0.717, 1.165) is 17.9 Å². The Morgan fingerprint density at radius 3 is 2.35 bits per heavy atom. The van der Waals surface area contributed by atoms with Gasteiger partial charge in [-0.2, -0.15) is 0 Å². The highest BCUT2D eigenvalue weighted by Crippen LogP contribution is 2.29. The van der Waals surface area contributed by atoms with Crippen LogP contribution in [0.25, 0.3) is 0 Å². The van der Waals surface area contributed by atoms with Crippen molar-refractivity contribution >= 4 is 11.5 Å². The van der Waals surface area contributed by atoms with E-state index in [0.29, 0.717) is 11.3 Å². The van der Waals surface area contributed by atoms with Crippen molar-refractivity contribution in [3.8, 4) is 11.5 Å². The number of hydrogen-bond acceptors (Lipinski definition) is 3. The Labute approximate surface area is 154 Å². The Morgan fingerprint density at radius 1 is 0.923 bits per heavy atom. The zero-order chi connectivity index (χ0) is 18.2. The molecule has 0 heterocycles. The maximum atomic E-state index is 12.3. The molecule has 3 aromatic rings. The van der Waals surface area contributed by atoms with Gasteiger partial charge >= 0.3 is 0 Å². The summed E-state index contributed by atoms with van der Waals surface area (Å²) in [6.45, 7) is 2.09. The van der Waals surface area contributed by atoms with Gasteiger partial charge in [-0.3, -0.25) is 4.79 Å². The van der Waals surface area contributed by atoms with Gasteiger partial charge in [-0.15, -0.1) is 0 Å². The van der Waals surface area contributed by atoms with Crippen molar-refractivity contribution in [2.75, 3.05) is 5.32 Å². The molecule has 0 spiro atoms. The number of rotatable bonds is 7. The van der Waals surface area contributed by atoms with E-state index in [1.54, 1.807) is 6.20 Å². The minimum Gasteiger partial charge on any atom is -0.455 e. The van der Waals surface area contributed by atoms with E-state index in [9.17, 15) is 4.79 Å². The van der Waals surface area contributed by atoms with Gasteiger partial charge < -0.3 is 10.1 Å². The van der Waals surface area contributed by atoms with Crippen molar-refractivity contribution in [3.05, 3.63) is 102 Å². The number of aryl methyl sites for hydroxylation is 1. The second-order valence-corrected chi connectivity index (χ2v) is 5.80. The van der Waals surface area contributed by atoms with E-state index in [1.165, 1.54) is 11.6 Å². The number of benzene rings is 3. The van der Waals surface area contributed by atoms with E-state index >= 15 is 0 Å². The van der Waals surface area contributed by atoms with Crippen LogP contribution in [0.4, 0.5) is 5.69 Å². The van der Waals surface area contributed by atoms with Gasteiger partial charge in [0.1, 0.15) is 5.75 Å². The third kappa shape index (κ3) is 4.61. The third-order valence-electron chi connectivity index (χ3n) is 3.98. The molecule has 0 atom stereocenters. The average molecular weight is 343 g/mol. The highest BCUT2D eigenvalue weighted by molar-refractivity contribution is 6.04. The van der Waals surface area contributed by atoms with Gasteiger partial charge in [-0.25, -0.2) is 0 Å². The lowest BCUT2D eigenvalue weighted by Gasteiger charge is -2.10. The van der Waals surface area contributed by atoms with Crippen LogP contribution in [0.1, 0.15) is 22.8 Å². The molecule has 26 heavy (non-hydrogen) atoms. The number of ether oxygens (including phenoxy) is 1. The second kappa shape index (κ2) is 8.67. The molecule has 0 aliphatic rings. The second-order valence-electron chi connectivity index (χ2n) is 5.80. The highest BCUT2D eigenvalue weighted by Gasteiger charge is 2.04. The largest absolute Gasteiger partial charge is 0.455 e. The van der Waals surface area contributed by atoms with E-state index in [-0.39, 0.29) is 5.78 Å². The molecular formula is C23H21NO2. The summed E-state index contributed by atoms with van der Waals surface area (Å²) >= 11 is 0. The molecule has 0 radical (unpaired) electrons. The van der Waals surface area contributed by atoms with Gasteiger partial charge in [-0.05, 0) is 36.2 Å². The summed E-state index contributed by atoms with van der Waals surface area (Å²) in [4.78, 5) is 12.3. The number of para-hydroxylation sites is 3. The predicted octanol–water partition coefficient (Wildman–Crippen LogP) is 5.85. The standard InChI is InChI=1S/C23H21NO2/c1-2-18-12-14-19(15-13-18)22(25)16-17-24-21-10-6-7-11-23(21)26-20-8-4-3-5-9-20/h3-17,24H,2H2,1H3/b17-16+. The lowest BCUT2D eigenvalue weighted by atomic mass is 10.1. The van der Waals surface area contributed by atoms with Gasteiger partial charge in [0.15, 0.2) is 11.5 Å². The summed E-state index contributed by atoms with van der Waals surface area (Å²) in [6.07, 6.45) is 4.13. The Balaban J connectivity index is 1.67. The van der Waals surface area contributed by atoms with Crippen LogP contribution in [0, 0.1) is 0 Å². The van der Waals surface area contributed by atoms with Crippen LogP contribution in [-0.2, 0) is 6.42 Å². The van der Waals surface area contributed by atoms with Crippen LogP contribution in [0.15, 0.2) is 91.1 Å². The zero-order valence-corrected chi connectivity index (χ0v) is 14.7. The normalized spacial score (nSPS) is 10.7. The van der Waals surface area contributed by atoms with Crippen LogP contribution in [0.3, 0.4) is 0 Å². The quantitative estimate of drug-likeness (QED) is 0.432. The lowest BCUT2D eigenvalue weighted by Crippen LogP contribution is -1.97. The molecule has 3 heteroatoms. The molecule has 0 aliphatic heterocycles. The number of hydrogen-bond donors (Lipinski definition) is 1. The maximum Gasteiger partial charge on any atom is 0.187 e. The van der Waals surface area contributed by atoms with E-state index in [2.05, 4.69) is 12.2 Å². The molecule has 0 aromatic heterocycles. The number of nitrogens with one attached hydrogen (secondary N) is 1. The van der Waals surface area contributed by atoms with Crippen molar-refractivity contribution in [2.45, 2.75) is 13.3 Å². The molecule has 0 bridgehead atoms. The SMILES string of the molecule is CCc1ccc(C(=O)/C=C/Nc2ccccc2Oc2ccccc2)cc1. The number of anilines is 1. The number of ketones is 1. The van der Waals surface area contributed by atoms with Gasteiger partial charge in [0.05, 0.1) is 5.69 Å². The molecule has 0 saturated carbocycles. The highest BCUT2D eigenvalue weighted by atomic mass is 16.5. The first kappa shape index (κ1) is 17.5. The fourth-order valence-corrected chi connectivity index (χ4v) is 2.50. The summed E-state index contributed by atoms with van der Waals surface area (Å²) < 4.78 is 5.90. The molecule has 0 fully saturated rings. The molecule has 3 aromatic carbocycles. The molecule has 0 unspecified atom stereocenters. The lowest BCUT2D eigenvalue weighted by molar-refractivity contribution is 0.104. The van der Waals surface area contributed by atoms with Crippen LogP contribution < -0.4 is 10.1 Å². The average Bonchev–Trinajstić information content (AvgIpc) is 2.70. The molecule has 0 amide bonds. The Bertz CT molecular complexity index is 884. The molecule has 3 nitrogen and oxygen atoms in total. The zero-order valence-electron chi connectivity index (χ0n) is 14.7.